The lowest BCUT2D eigenvalue weighted by Gasteiger charge is -2.21. The van der Waals surface area contributed by atoms with Gasteiger partial charge in [-0.15, -0.1) is 0 Å². The summed E-state index contributed by atoms with van der Waals surface area (Å²) in [4.78, 5) is 18.4. The minimum absolute atomic E-state index is 0.0569. The minimum atomic E-state index is -0.0569. The van der Waals surface area contributed by atoms with Crippen LogP contribution in [-0.4, -0.2) is 30.5 Å². The van der Waals surface area contributed by atoms with Gasteiger partial charge in [-0.2, -0.15) is 0 Å². The molecule has 5 heteroatoms. The van der Waals surface area contributed by atoms with E-state index in [1.807, 2.05) is 6.07 Å². The number of para-hydroxylation sites is 1. The lowest BCUT2D eigenvalue weighted by atomic mass is 10.2. The second kappa shape index (κ2) is 7.20. The second-order valence-electron chi connectivity index (χ2n) is 7.16. The van der Waals surface area contributed by atoms with Crippen molar-refractivity contribution in [2.75, 3.05) is 30.3 Å². The third kappa shape index (κ3) is 3.72. The Morgan fingerprint density at radius 1 is 1.19 bits per heavy atom. The zero-order valence-corrected chi connectivity index (χ0v) is 14.7. The van der Waals surface area contributed by atoms with Crippen molar-refractivity contribution in [3.63, 3.8) is 0 Å². The van der Waals surface area contributed by atoms with Crippen molar-refractivity contribution in [1.29, 1.82) is 0 Å². The summed E-state index contributed by atoms with van der Waals surface area (Å²) < 4.78 is 0. The zero-order chi connectivity index (χ0) is 17.9. The van der Waals surface area contributed by atoms with Gasteiger partial charge in [0.05, 0.1) is 0 Å². The van der Waals surface area contributed by atoms with Crippen molar-refractivity contribution in [2.24, 2.45) is 17.8 Å². The van der Waals surface area contributed by atoms with E-state index in [2.05, 4.69) is 45.5 Å². The van der Waals surface area contributed by atoms with E-state index < -0.39 is 0 Å². The van der Waals surface area contributed by atoms with Crippen LogP contribution in [0.5, 0.6) is 0 Å². The SMILES string of the molecule is Nc1ccc(/C=C/C(=O)NCC[C@@H]2[C@H]3CN(c4ccccc4)C[C@@H]23)cn1. The number of amides is 1. The molecular weight excluding hydrogens is 324 g/mol. The van der Waals surface area contributed by atoms with Crippen LogP contribution in [-0.2, 0) is 4.79 Å². The number of piperidine rings is 1. The number of anilines is 2. The summed E-state index contributed by atoms with van der Waals surface area (Å²) in [5, 5.41) is 2.98. The van der Waals surface area contributed by atoms with Crippen molar-refractivity contribution in [1.82, 2.24) is 10.3 Å². The molecule has 1 saturated carbocycles. The van der Waals surface area contributed by atoms with Crippen LogP contribution in [0, 0.1) is 17.8 Å². The fourth-order valence-electron chi connectivity index (χ4n) is 4.04. The van der Waals surface area contributed by atoms with Crippen molar-refractivity contribution in [2.45, 2.75) is 6.42 Å². The molecule has 5 nitrogen and oxygen atoms in total. The van der Waals surface area contributed by atoms with Crippen LogP contribution in [0.15, 0.2) is 54.7 Å². The summed E-state index contributed by atoms with van der Waals surface area (Å²) in [5.74, 6) is 2.78. The van der Waals surface area contributed by atoms with Gasteiger partial charge in [0, 0.05) is 37.6 Å². The first-order valence-corrected chi connectivity index (χ1v) is 9.18. The number of fused-ring (bicyclic) bond motifs is 1. The van der Waals surface area contributed by atoms with Gasteiger partial charge < -0.3 is 16.0 Å². The molecule has 3 atom stereocenters. The number of carbonyl (C=O) groups excluding carboxylic acids is 1. The molecule has 2 aromatic rings. The molecule has 134 valence electrons. The Morgan fingerprint density at radius 2 is 1.96 bits per heavy atom. The van der Waals surface area contributed by atoms with Gasteiger partial charge in [0.1, 0.15) is 5.82 Å². The number of benzene rings is 1. The molecule has 1 saturated heterocycles. The normalized spacial score (nSPS) is 23.8. The molecule has 1 aromatic heterocycles. The second-order valence-corrected chi connectivity index (χ2v) is 7.16. The van der Waals surface area contributed by atoms with E-state index in [0.717, 1.165) is 49.4 Å². The van der Waals surface area contributed by atoms with Gasteiger partial charge in [-0.05, 0) is 60.1 Å². The highest BCUT2D eigenvalue weighted by atomic mass is 16.1. The van der Waals surface area contributed by atoms with Crippen LogP contribution >= 0.6 is 0 Å². The molecule has 2 aliphatic rings. The average Bonchev–Trinajstić information content (AvgIpc) is 3.11. The largest absolute Gasteiger partial charge is 0.384 e. The van der Waals surface area contributed by atoms with E-state index in [4.69, 9.17) is 5.73 Å². The number of nitrogens with one attached hydrogen (secondary N) is 1. The van der Waals surface area contributed by atoms with Crippen LogP contribution in [0.3, 0.4) is 0 Å². The van der Waals surface area contributed by atoms with Crippen LogP contribution in [0.1, 0.15) is 12.0 Å². The monoisotopic (exact) mass is 348 g/mol. The number of nitrogens with two attached hydrogens (primary N) is 1. The summed E-state index contributed by atoms with van der Waals surface area (Å²) in [6.45, 7) is 3.04. The topological polar surface area (TPSA) is 71.2 Å². The Morgan fingerprint density at radius 3 is 2.65 bits per heavy atom. The molecule has 0 radical (unpaired) electrons. The Hall–Kier alpha value is -2.82. The molecular formula is C21H24N4O. The van der Waals surface area contributed by atoms with Gasteiger partial charge in [-0.25, -0.2) is 4.98 Å². The van der Waals surface area contributed by atoms with Gasteiger partial charge in [0.25, 0.3) is 0 Å². The van der Waals surface area contributed by atoms with Crippen molar-refractivity contribution in [3.8, 4) is 0 Å². The first-order valence-electron chi connectivity index (χ1n) is 9.18. The Bertz CT molecular complexity index is 775. The summed E-state index contributed by atoms with van der Waals surface area (Å²) in [7, 11) is 0. The van der Waals surface area contributed by atoms with E-state index in [0.29, 0.717) is 5.82 Å². The van der Waals surface area contributed by atoms with Crippen LogP contribution in [0.2, 0.25) is 0 Å². The number of hydrogen-bond acceptors (Lipinski definition) is 4. The van der Waals surface area contributed by atoms with Crippen molar-refractivity contribution in [3.05, 3.63) is 60.3 Å². The predicted octanol–water partition coefficient (Wildman–Crippen LogP) is 2.57. The number of nitrogens with zero attached hydrogens (tertiary/aromatic N) is 2. The maximum Gasteiger partial charge on any atom is 0.244 e. The first-order chi connectivity index (χ1) is 12.7. The molecule has 3 N–H and O–H groups in total. The maximum absolute atomic E-state index is 11.9. The number of nitrogen functional groups attached to an aromatic ring is 1. The third-order valence-electron chi connectivity index (χ3n) is 5.51. The van der Waals surface area contributed by atoms with Gasteiger partial charge in [-0.3, -0.25) is 4.79 Å². The first kappa shape index (κ1) is 16.6. The molecule has 1 aliphatic carbocycles. The summed E-state index contributed by atoms with van der Waals surface area (Å²) in [5.41, 5.74) is 7.74. The Balaban J connectivity index is 1.17. The standard InChI is InChI=1S/C21H24N4O/c22-20-8-6-15(12-24-20)7-9-21(26)23-11-10-17-18-13-25(14-19(17)18)16-4-2-1-3-5-16/h1-9,12,17-19H,10-11,13-14H2,(H2,22,24)(H,23,26)/b9-7+/t17-,18-,19+. The highest BCUT2D eigenvalue weighted by Gasteiger charge is 2.54. The average molecular weight is 348 g/mol. The lowest BCUT2D eigenvalue weighted by Crippen LogP contribution is -2.26. The van der Waals surface area contributed by atoms with Gasteiger partial charge in [0.2, 0.25) is 5.91 Å². The highest BCUT2D eigenvalue weighted by Crippen LogP contribution is 2.54. The van der Waals surface area contributed by atoms with E-state index >= 15 is 0 Å². The molecule has 0 unspecified atom stereocenters. The lowest BCUT2D eigenvalue weighted by molar-refractivity contribution is -0.116. The predicted molar refractivity (Wildman–Crippen MR) is 104 cm³/mol. The smallest absolute Gasteiger partial charge is 0.244 e. The quantitative estimate of drug-likeness (QED) is 0.787. The summed E-state index contributed by atoms with van der Waals surface area (Å²) in [6, 6.07) is 14.2. The molecule has 26 heavy (non-hydrogen) atoms. The maximum atomic E-state index is 11.9. The van der Waals surface area contributed by atoms with E-state index in [-0.39, 0.29) is 5.91 Å². The van der Waals surface area contributed by atoms with Crippen LogP contribution in [0.25, 0.3) is 6.08 Å². The summed E-state index contributed by atoms with van der Waals surface area (Å²) in [6.07, 6.45) is 6.04. The van der Waals surface area contributed by atoms with E-state index in [9.17, 15) is 4.79 Å². The molecule has 1 aromatic carbocycles. The van der Waals surface area contributed by atoms with E-state index in [1.54, 1.807) is 24.4 Å². The molecule has 1 aliphatic heterocycles. The van der Waals surface area contributed by atoms with E-state index in [1.165, 1.54) is 5.69 Å². The third-order valence-corrected chi connectivity index (χ3v) is 5.51. The van der Waals surface area contributed by atoms with Gasteiger partial charge in [0.15, 0.2) is 0 Å². The number of hydrogen-bond donors (Lipinski definition) is 2. The fraction of sp³-hybridized carbons (Fsp3) is 0.333. The Labute approximate surface area is 153 Å². The van der Waals surface area contributed by atoms with Gasteiger partial charge in [-0.1, -0.05) is 18.2 Å². The molecule has 0 bridgehead atoms. The number of carbonyl (C=O) groups is 1. The number of rotatable bonds is 6. The number of pyridine rings is 1. The zero-order valence-electron chi connectivity index (χ0n) is 14.7. The van der Waals surface area contributed by atoms with Crippen molar-refractivity contribution < 1.29 is 4.79 Å². The minimum Gasteiger partial charge on any atom is -0.384 e. The molecule has 2 fully saturated rings. The number of aromatic nitrogens is 1. The van der Waals surface area contributed by atoms with Gasteiger partial charge >= 0.3 is 0 Å². The Kier molecular flexibility index (Phi) is 4.61. The van der Waals surface area contributed by atoms with Crippen LogP contribution in [0.4, 0.5) is 11.5 Å². The molecule has 4 rings (SSSR count). The fourth-order valence-corrected chi connectivity index (χ4v) is 4.04. The molecule has 2 heterocycles. The highest BCUT2D eigenvalue weighted by molar-refractivity contribution is 5.91. The summed E-state index contributed by atoms with van der Waals surface area (Å²) >= 11 is 0. The molecule has 0 spiro atoms. The molecule has 1 amide bonds. The van der Waals surface area contributed by atoms with Crippen LogP contribution < -0.4 is 16.0 Å². The van der Waals surface area contributed by atoms with Crippen molar-refractivity contribution >= 4 is 23.5 Å².